The molecule has 0 atom stereocenters. The second-order valence-electron chi connectivity index (χ2n) is 6.42. The molecule has 0 heterocycles. The van der Waals surface area contributed by atoms with Crippen LogP contribution in [0.5, 0.6) is 11.5 Å². The third-order valence-electron chi connectivity index (χ3n) is 4.65. The van der Waals surface area contributed by atoms with Crippen molar-refractivity contribution in [1.29, 1.82) is 0 Å². The van der Waals surface area contributed by atoms with Crippen LogP contribution in [0.1, 0.15) is 37.7 Å². The number of rotatable bonds is 9. The van der Waals surface area contributed by atoms with Gasteiger partial charge in [0.25, 0.3) is 0 Å². The minimum Gasteiger partial charge on any atom is -0.493 e. The number of benzene rings is 1. The zero-order valence-corrected chi connectivity index (χ0v) is 17.0. The van der Waals surface area contributed by atoms with E-state index in [1.807, 2.05) is 12.1 Å². The maximum absolute atomic E-state index is 11.9. The maximum Gasteiger partial charge on any atom is 0.223 e. The van der Waals surface area contributed by atoms with Crippen LogP contribution in [0.4, 0.5) is 0 Å². The van der Waals surface area contributed by atoms with E-state index in [0.717, 1.165) is 35.7 Å². The molecule has 0 bridgehead atoms. The molecule has 1 aliphatic carbocycles. The van der Waals surface area contributed by atoms with Gasteiger partial charge in [-0.25, -0.2) is 0 Å². The summed E-state index contributed by atoms with van der Waals surface area (Å²) in [5.74, 6) is 1.48. The molecule has 1 aliphatic rings. The number of carbonyl (C=O) groups is 2. The predicted molar refractivity (Wildman–Crippen MR) is 104 cm³/mol. The molecule has 0 unspecified atom stereocenters. The zero-order valence-electron chi connectivity index (χ0n) is 15.4. The first-order valence-corrected chi connectivity index (χ1v) is 9.79. The Bertz CT molecular complexity index is 630. The molecular weight excluding hydrogens is 400 g/mol. The molecule has 1 saturated carbocycles. The highest BCUT2D eigenvalue weighted by Crippen LogP contribution is 2.33. The summed E-state index contributed by atoms with van der Waals surface area (Å²) in [4.78, 5) is 23.8. The average molecular weight is 427 g/mol. The topological polar surface area (TPSA) is 76.7 Å². The highest BCUT2D eigenvalue weighted by Gasteiger charge is 2.22. The fourth-order valence-corrected chi connectivity index (χ4v) is 3.67. The summed E-state index contributed by atoms with van der Waals surface area (Å²) < 4.78 is 11.5. The van der Waals surface area contributed by atoms with Crippen LogP contribution >= 0.6 is 15.9 Å². The lowest BCUT2D eigenvalue weighted by Gasteiger charge is -2.13. The third-order valence-corrected chi connectivity index (χ3v) is 5.38. The van der Waals surface area contributed by atoms with Crippen molar-refractivity contribution in [3.63, 3.8) is 0 Å². The molecule has 0 spiro atoms. The molecule has 0 saturated heterocycles. The van der Waals surface area contributed by atoms with Crippen LogP contribution in [0.3, 0.4) is 0 Å². The highest BCUT2D eigenvalue weighted by atomic mass is 79.9. The van der Waals surface area contributed by atoms with E-state index in [1.54, 1.807) is 14.2 Å². The van der Waals surface area contributed by atoms with Crippen molar-refractivity contribution in [2.75, 3.05) is 27.3 Å². The van der Waals surface area contributed by atoms with Gasteiger partial charge < -0.3 is 20.1 Å². The van der Waals surface area contributed by atoms with Gasteiger partial charge in [-0.05, 0) is 37.0 Å². The zero-order chi connectivity index (χ0) is 18.9. The summed E-state index contributed by atoms with van der Waals surface area (Å²) >= 11 is 3.51. The Hall–Kier alpha value is -1.76. The molecule has 1 aromatic rings. The molecule has 0 radical (unpaired) electrons. The number of halogens is 1. The van der Waals surface area contributed by atoms with Gasteiger partial charge in [0.2, 0.25) is 11.8 Å². The SMILES string of the molecule is COc1cc(Br)c(CCNC(=O)CCNC(=O)C2CCCC2)cc1OC. The molecule has 144 valence electrons. The van der Waals surface area contributed by atoms with Gasteiger partial charge in [0.15, 0.2) is 11.5 Å². The Balaban J connectivity index is 1.70. The number of carbonyl (C=O) groups excluding carboxylic acids is 2. The van der Waals surface area contributed by atoms with Crippen LogP contribution in [-0.4, -0.2) is 39.1 Å². The van der Waals surface area contributed by atoms with Gasteiger partial charge in [0.1, 0.15) is 0 Å². The Morgan fingerprint density at radius 3 is 2.38 bits per heavy atom. The van der Waals surface area contributed by atoms with E-state index in [9.17, 15) is 9.59 Å². The second kappa shape index (κ2) is 10.4. The van der Waals surface area contributed by atoms with Crippen molar-refractivity contribution in [2.24, 2.45) is 5.92 Å². The highest BCUT2D eigenvalue weighted by molar-refractivity contribution is 9.10. The number of ether oxygens (including phenoxy) is 2. The van der Waals surface area contributed by atoms with Gasteiger partial charge in [-0.3, -0.25) is 9.59 Å². The maximum atomic E-state index is 11.9. The molecule has 6 nitrogen and oxygen atoms in total. The Kier molecular flexibility index (Phi) is 8.22. The van der Waals surface area contributed by atoms with Crippen molar-refractivity contribution in [2.45, 2.75) is 38.5 Å². The number of hydrogen-bond donors (Lipinski definition) is 2. The lowest BCUT2D eigenvalue weighted by molar-refractivity contribution is -0.125. The van der Waals surface area contributed by atoms with Gasteiger partial charge in [-0.15, -0.1) is 0 Å². The lowest BCUT2D eigenvalue weighted by atomic mass is 10.1. The lowest BCUT2D eigenvalue weighted by Crippen LogP contribution is -2.34. The van der Waals surface area contributed by atoms with Gasteiger partial charge in [-0.1, -0.05) is 28.8 Å². The predicted octanol–water partition coefficient (Wildman–Crippen LogP) is 2.82. The first-order chi connectivity index (χ1) is 12.5. The second-order valence-corrected chi connectivity index (χ2v) is 7.28. The first kappa shape index (κ1) is 20.6. The van der Waals surface area contributed by atoms with Crippen LogP contribution in [-0.2, 0) is 16.0 Å². The summed E-state index contributed by atoms with van der Waals surface area (Å²) in [5, 5.41) is 5.75. The van der Waals surface area contributed by atoms with Crippen LogP contribution < -0.4 is 20.1 Å². The standard InChI is InChI=1S/C19H27BrN2O4/c1-25-16-11-14(15(20)12-17(16)26-2)7-9-21-18(23)8-10-22-19(24)13-5-3-4-6-13/h11-13H,3-10H2,1-2H3,(H,21,23)(H,22,24). The van der Waals surface area contributed by atoms with Crippen molar-refractivity contribution in [1.82, 2.24) is 10.6 Å². The van der Waals surface area contributed by atoms with Crippen molar-refractivity contribution < 1.29 is 19.1 Å². The third kappa shape index (κ3) is 5.90. The van der Waals surface area contributed by atoms with Crippen molar-refractivity contribution >= 4 is 27.7 Å². The van der Waals surface area contributed by atoms with Gasteiger partial charge in [-0.2, -0.15) is 0 Å². The molecule has 2 amide bonds. The van der Waals surface area contributed by atoms with E-state index in [-0.39, 0.29) is 17.7 Å². The summed E-state index contributed by atoms with van der Waals surface area (Å²) in [6.45, 7) is 0.907. The van der Waals surface area contributed by atoms with E-state index in [4.69, 9.17) is 9.47 Å². The van der Waals surface area contributed by atoms with Crippen molar-refractivity contribution in [3.8, 4) is 11.5 Å². The van der Waals surface area contributed by atoms with Gasteiger partial charge in [0, 0.05) is 29.9 Å². The van der Waals surface area contributed by atoms with Crippen LogP contribution in [0.2, 0.25) is 0 Å². The number of methoxy groups -OCH3 is 2. The van der Waals surface area contributed by atoms with E-state index in [0.29, 0.717) is 37.4 Å². The number of hydrogen-bond acceptors (Lipinski definition) is 4. The van der Waals surface area contributed by atoms with E-state index in [2.05, 4.69) is 26.6 Å². The Morgan fingerprint density at radius 2 is 1.73 bits per heavy atom. The van der Waals surface area contributed by atoms with Crippen LogP contribution in [0.15, 0.2) is 16.6 Å². The monoisotopic (exact) mass is 426 g/mol. The summed E-state index contributed by atoms with van der Waals surface area (Å²) in [7, 11) is 3.19. The first-order valence-electron chi connectivity index (χ1n) is 9.00. The Morgan fingerprint density at radius 1 is 1.08 bits per heavy atom. The number of nitrogens with one attached hydrogen (secondary N) is 2. The molecule has 0 aromatic heterocycles. The minimum atomic E-state index is -0.0617. The van der Waals surface area contributed by atoms with E-state index < -0.39 is 0 Å². The van der Waals surface area contributed by atoms with E-state index >= 15 is 0 Å². The molecule has 1 aromatic carbocycles. The smallest absolute Gasteiger partial charge is 0.223 e. The molecule has 2 rings (SSSR count). The van der Waals surface area contributed by atoms with Gasteiger partial charge in [0.05, 0.1) is 14.2 Å². The molecule has 26 heavy (non-hydrogen) atoms. The van der Waals surface area contributed by atoms with Gasteiger partial charge >= 0.3 is 0 Å². The molecule has 7 heteroatoms. The quantitative estimate of drug-likeness (QED) is 0.636. The van der Waals surface area contributed by atoms with E-state index in [1.165, 1.54) is 0 Å². The molecule has 0 aliphatic heterocycles. The van der Waals surface area contributed by atoms with Crippen LogP contribution in [0, 0.1) is 5.92 Å². The Labute approximate surface area is 163 Å². The van der Waals surface area contributed by atoms with Crippen molar-refractivity contribution in [3.05, 3.63) is 22.2 Å². The normalized spacial score (nSPS) is 14.1. The molecular formula is C19H27BrN2O4. The minimum absolute atomic E-state index is 0.0617. The number of amides is 2. The fraction of sp³-hybridized carbons (Fsp3) is 0.579. The molecule has 1 fully saturated rings. The average Bonchev–Trinajstić information content (AvgIpc) is 3.17. The molecule has 2 N–H and O–H groups in total. The summed E-state index contributed by atoms with van der Waals surface area (Å²) in [6.07, 6.45) is 5.16. The fourth-order valence-electron chi connectivity index (χ4n) is 3.14. The largest absolute Gasteiger partial charge is 0.493 e. The summed E-state index contributed by atoms with van der Waals surface area (Å²) in [5.41, 5.74) is 1.03. The van der Waals surface area contributed by atoms with Crippen LogP contribution in [0.25, 0.3) is 0 Å². The summed E-state index contributed by atoms with van der Waals surface area (Å²) in [6, 6.07) is 3.76.